The molecule has 0 rings (SSSR count). The molecule has 78 valence electrons. The van der Waals surface area contributed by atoms with Crippen molar-refractivity contribution in [2.75, 3.05) is 0 Å². The Balaban J connectivity index is 4.04. The molecule has 0 aliphatic carbocycles. The van der Waals surface area contributed by atoms with E-state index in [9.17, 15) is 9.59 Å². The summed E-state index contributed by atoms with van der Waals surface area (Å²) in [4.78, 5) is 22.3. The predicted octanol–water partition coefficient (Wildman–Crippen LogP) is 2.84. The van der Waals surface area contributed by atoms with E-state index in [1.165, 1.54) is 12.2 Å². The average molecular weight is 194 g/mol. The Labute approximate surface area is 85.7 Å². The first-order chi connectivity index (χ1) is 6.61. The molecule has 0 saturated carbocycles. The Morgan fingerprint density at radius 1 is 1.07 bits per heavy atom. The lowest BCUT2D eigenvalue weighted by atomic mass is 10.1. The van der Waals surface area contributed by atoms with Gasteiger partial charge in [-0.3, -0.25) is 9.59 Å². The van der Waals surface area contributed by atoms with Gasteiger partial charge in [-0.15, -0.1) is 0 Å². The van der Waals surface area contributed by atoms with E-state index in [0.29, 0.717) is 18.4 Å². The van der Waals surface area contributed by atoms with Crippen LogP contribution in [0.25, 0.3) is 0 Å². The third-order valence-corrected chi connectivity index (χ3v) is 1.80. The Morgan fingerprint density at radius 3 is 2.14 bits per heavy atom. The molecule has 0 N–H and O–H groups in total. The molecule has 0 aromatic carbocycles. The standard InChI is InChI=1S/C12H18O2/c1-4-6-11(13)9-8-10(3)12(14)7-5-2/h8-9H,3-7H2,1-2H3. The second kappa shape index (κ2) is 7.25. The van der Waals surface area contributed by atoms with Crippen LogP contribution >= 0.6 is 0 Å². The molecule has 14 heavy (non-hydrogen) atoms. The maximum atomic E-state index is 11.3. The fourth-order valence-electron chi connectivity index (χ4n) is 1.00. The highest BCUT2D eigenvalue weighted by Gasteiger charge is 2.02. The van der Waals surface area contributed by atoms with Crippen molar-refractivity contribution in [2.24, 2.45) is 0 Å². The van der Waals surface area contributed by atoms with Crippen LogP contribution in [0, 0.1) is 0 Å². The van der Waals surface area contributed by atoms with E-state index >= 15 is 0 Å². The van der Waals surface area contributed by atoms with Gasteiger partial charge in [-0.2, -0.15) is 0 Å². The van der Waals surface area contributed by atoms with Crippen molar-refractivity contribution < 1.29 is 9.59 Å². The van der Waals surface area contributed by atoms with E-state index in [0.717, 1.165) is 12.8 Å². The number of carbonyl (C=O) groups is 2. The number of hydrogen-bond acceptors (Lipinski definition) is 2. The fraction of sp³-hybridized carbons (Fsp3) is 0.500. The summed E-state index contributed by atoms with van der Waals surface area (Å²) in [5, 5.41) is 0. The largest absolute Gasteiger partial charge is 0.295 e. The van der Waals surface area contributed by atoms with Crippen molar-refractivity contribution in [3.63, 3.8) is 0 Å². The average Bonchev–Trinajstić information content (AvgIpc) is 2.15. The van der Waals surface area contributed by atoms with Gasteiger partial charge in [-0.1, -0.05) is 20.4 Å². The molecule has 0 radical (unpaired) electrons. The minimum Gasteiger partial charge on any atom is -0.295 e. The normalized spacial score (nSPS) is 10.4. The highest BCUT2D eigenvalue weighted by atomic mass is 16.1. The van der Waals surface area contributed by atoms with Crippen molar-refractivity contribution in [2.45, 2.75) is 39.5 Å². The first-order valence-corrected chi connectivity index (χ1v) is 5.04. The molecule has 0 atom stereocenters. The fourth-order valence-corrected chi connectivity index (χ4v) is 1.00. The van der Waals surface area contributed by atoms with Gasteiger partial charge >= 0.3 is 0 Å². The van der Waals surface area contributed by atoms with Crippen LogP contribution in [0.3, 0.4) is 0 Å². The van der Waals surface area contributed by atoms with E-state index in [4.69, 9.17) is 0 Å². The third kappa shape index (κ3) is 5.46. The lowest BCUT2D eigenvalue weighted by molar-refractivity contribution is -0.115. The van der Waals surface area contributed by atoms with Gasteiger partial charge in [0.25, 0.3) is 0 Å². The molecule has 0 aromatic rings. The van der Waals surface area contributed by atoms with Crippen molar-refractivity contribution in [1.29, 1.82) is 0 Å². The molecule has 0 unspecified atom stereocenters. The summed E-state index contributed by atoms with van der Waals surface area (Å²) in [6.07, 6.45) is 5.65. The van der Waals surface area contributed by atoms with Crippen LogP contribution in [-0.2, 0) is 9.59 Å². The Morgan fingerprint density at radius 2 is 1.64 bits per heavy atom. The van der Waals surface area contributed by atoms with Crippen molar-refractivity contribution in [1.82, 2.24) is 0 Å². The molecular weight excluding hydrogens is 176 g/mol. The van der Waals surface area contributed by atoms with Crippen LogP contribution in [0.2, 0.25) is 0 Å². The topological polar surface area (TPSA) is 34.1 Å². The van der Waals surface area contributed by atoms with Gasteiger partial charge in [0, 0.05) is 18.4 Å². The summed E-state index contributed by atoms with van der Waals surface area (Å²) in [5.74, 6) is 0.0750. The Bertz CT molecular complexity index is 249. The number of rotatable bonds is 7. The SMILES string of the molecule is C=C(C=CC(=O)CCC)C(=O)CCC. The smallest absolute Gasteiger partial charge is 0.162 e. The minimum atomic E-state index is 0.0213. The molecule has 0 aromatic heterocycles. The molecule has 0 saturated heterocycles. The highest BCUT2D eigenvalue weighted by molar-refractivity contribution is 5.99. The zero-order chi connectivity index (χ0) is 11.0. The van der Waals surface area contributed by atoms with Crippen LogP contribution in [0.1, 0.15) is 39.5 Å². The van der Waals surface area contributed by atoms with Crippen LogP contribution in [0.5, 0.6) is 0 Å². The number of carbonyl (C=O) groups excluding carboxylic acids is 2. The highest BCUT2D eigenvalue weighted by Crippen LogP contribution is 2.02. The summed E-state index contributed by atoms with van der Waals surface area (Å²) >= 11 is 0. The molecule has 0 aliphatic rings. The molecule has 0 aliphatic heterocycles. The Kier molecular flexibility index (Phi) is 6.63. The summed E-state index contributed by atoms with van der Waals surface area (Å²) in [6, 6.07) is 0. The molecule has 0 spiro atoms. The van der Waals surface area contributed by atoms with E-state index < -0.39 is 0 Å². The van der Waals surface area contributed by atoms with Gasteiger partial charge in [-0.25, -0.2) is 0 Å². The lowest BCUT2D eigenvalue weighted by Gasteiger charge is -1.96. The van der Waals surface area contributed by atoms with Gasteiger partial charge in [0.15, 0.2) is 11.6 Å². The number of allylic oxidation sites excluding steroid dienone is 3. The summed E-state index contributed by atoms with van der Waals surface area (Å²) in [5.41, 5.74) is 0.427. The van der Waals surface area contributed by atoms with Gasteiger partial charge < -0.3 is 0 Å². The summed E-state index contributed by atoms with van der Waals surface area (Å²) in [7, 11) is 0. The maximum Gasteiger partial charge on any atom is 0.162 e. The second-order valence-corrected chi connectivity index (χ2v) is 3.25. The van der Waals surface area contributed by atoms with Crippen LogP contribution in [0.15, 0.2) is 24.3 Å². The van der Waals surface area contributed by atoms with Crippen LogP contribution < -0.4 is 0 Å². The summed E-state index contributed by atoms with van der Waals surface area (Å²) in [6.45, 7) is 7.51. The van der Waals surface area contributed by atoms with Gasteiger partial charge in [0.1, 0.15) is 0 Å². The number of Topliss-reactive ketones (excluding diaryl/α,β-unsaturated/α-hetero) is 1. The van der Waals surface area contributed by atoms with E-state index in [2.05, 4.69) is 6.58 Å². The lowest BCUT2D eigenvalue weighted by Crippen LogP contribution is -1.99. The van der Waals surface area contributed by atoms with Crippen molar-refractivity contribution >= 4 is 11.6 Å². The van der Waals surface area contributed by atoms with E-state index in [1.807, 2.05) is 13.8 Å². The van der Waals surface area contributed by atoms with Crippen LogP contribution in [-0.4, -0.2) is 11.6 Å². The Hall–Kier alpha value is -1.18. The zero-order valence-corrected chi connectivity index (χ0v) is 9.01. The third-order valence-electron chi connectivity index (χ3n) is 1.80. The van der Waals surface area contributed by atoms with Crippen LogP contribution in [0.4, 0.5) is 0 Å². The van der Waals surface area contributed by atoms with Crippen molar-refractivity contribution in [3.8, 4) is 0 Å². The molecule has 2 nitrogen and oxygen atoms in total. The minimum absolute atomic E-state index is 0.0213. The molecule has 0 heterocycles. The molecule has 2 heteroatoms. The van der Waals surface area contributed by atoms with Gasteiger partial charge in [0.2, 0.25) is 0 Å². The van der Waals surface area contributed by atoms with Gasteiger partial charge in [-0.05, 0) is 25.0 Å². The molecule has 0 bridgehead atoms. The maximum absolute atomic E-state index is 11.3. The van der Waals surface area contributed by atoms with E-state index in [1.54, 1.807) is 0 Å². The number of hydrogen-bond donors (Lipinski definition) is 0. The summed E-state index contributed by atoms with van der Waals surface area (Å²) < 4.78 is 0. The molecule has 0 amide bonds. The second-order valence-electron chi connectivity index (χ2n) is 3.25. The quantitative estimate of drug-likeness (QED) is 0.461. The zero-order valence-electron chi connectivity index (χ0n) is 9.01. The van der Waals surface area contributed by atoms with Crippen molar-refractivity contribution in [3.05, 3.63) is 24.3 Å². The molecule has 0 fully saturated rings. The first kappa shape index (κ1) is 12.8. The van der Waals surface area contributed by atoms with Gasteiger partial charge in [0.05, 0.1) is 0 Å². The van der Waals surface area contributed by atoms with E-state index in [-0.39, 0.29) is 11.6 Å². The number of ketones is 2. The first-order valence-electron chi connectivity index (χ1n) is 5.04. The predicted molar refractivity (Wildman–Crippen MR) is 58.1 cm³/mol. The molecular formula is C12H18O2. The monoisotopic (exact) mass is 194 g/mol.